The van der Waals surface area contributed by atoms with Crippen molar-refractivity contribution < 1.29 is 4.39 Å². The fourth-order valence-electron chi connectivity index (χ4n) is 3.77. The lowest BCUT2D eigenvalue weighted by molar-refractivity contribution is 0.622. The Labute approximate surface area is 186 Å². The van der Waals surface area contributed by atoms with E-state index in [1.54, 1.807) is 16.9 Å². The Kier molecular flexibility index (Phi) is 5.65. The van der Waals surface area contributed by atoms with Crippen molar-refractivity contribution >= 4 is 35.9 Å². The van der Waals surface area contributed by atoms with Gasteiger partial charge in [-0.05, 0) is 24.6 Å². The Bertz CT molecular complexity index is 1360. The maximum atomic E-state index is 13.7. The lowest BCUT2D eigenvalue weighted by Gasteiger charge is -2.15. The van der Waals surface area contributed by atoms with Gasteiger partial charge in [0.1, 0.15) is 11.6 Å². The second-order valence-electron chi connectivity index (χ2n) is 7.55. The molecule has 0 aliphatic rings. The largest absolute Gasteiger partial charge is 0.369 e. The molecule has 1 aromatic carbocycles. The fraction of sp³-hybridized carbons (Fsp3) is 0.174. The van der Waals surface area contributed by atoms with Crippen molar-refractivity contribution in [3.63, 3.8) is 0 Å². The van der Waals surface area contributed by atoms with Crippen molar-refractivity contribution in [1.29, 1.82) is 0 Å². The van der Waals surface area contributed by atoms with Gasteiger partial charge in [-0.25, -0.2) is 9.37 Å². The standard InChI is InChI=1S/C23H21FN6.H2S/c1-14(19-13-26-20-6-4-3-5-18(19)20)9-27-22-8-21(16-7-17(24)12-25-11-16)29-23-15(2)10-28-30(22)23;/h3-8,10-14,26-27H,9H2,1-2H3;1H2/t14-;/m0./s1. The van der Waals surface area contributed by atoms with Crippen LogP contribution in [-0.4, -0.2) is 31.1 Å². The molecule has 0 aliphatic heterocycles. The third-order valence-electron chi connectivity index (χ3n) is 5.39. The van der Waals surface area contributed by atoms with Crippen LogP contribution in [0.1, 0.15) is 24.0 Å². The predicted molar refractivity (Wildman–Crippen MR) is 126 cm³/mol. The molecule has 0 unspecified atom stereocenters. The van der Waals surface area contributed by atoms with Crippen LogP contribution in [0, 0.1) is 12.7 Å². The summed E-state index contributed by atoms with van der Waals surface area (Å²) in [7, 11) is 0. The molecule has 8 heteroatoms. The summed E-state index contributed by atoms with van der Waals surface area (Å²) in [6.07, 6.45) is 6.66. The molecule has 5 aromatic rings. The lowest BCUT2D eigenvalue weighted by atomic mass is 10.0. The van der Waals surface area contributed by atoms with Crippen LogP contribution in [0.25, 0.3) is 27.8 Å². The maximum Gasteiger partial charge on any atom is 0.160 e. The summed E-state index contributed by atoms with van der Waals surface area (Å²) in [5, 5.41) is 9.20. The number of hydrogen-bond donors (Lipinski definition) is 2. The van der Waals surface area contributed by atoms with Crippen LogP contribution >= 0.6 is 13.5 Å². The highest BCUT2D eigenvalue weighted by Crippen LogP contribution is 2.27. The molecule has 5 rings (SSSR count). The number of H-pyrrole nitrogens is 1. The molecule has 0 radical (unpaired) electrons. The molecule has 0 aliphatic carbocycles. The van der Waals surface area contributed by atoms with E-state index in [4.69, 9.17) is 0 Å². The normalized spacial score (nSPS) is 12.1. The van der Waals surface area contributed by atoms with E-state index in [9.17, 15) is 4.39 Å². The lowest BCUT2D eigenvalue weighted by Crippen LogP contribution is -2.13. The molecule has 1 atom stereocenters. The van der Waals surface area contributed by atoms with Gasteiger partial charge >= 0.3 is 0 Å². The molecule has 31 heavy (non-hydrogen) atoms. The minimum atomic E-state index is -0.387. The Morgan fingerprint density at radius 1 is 1.16 bits per heavy atom. The van der Waals surface area contributed by atoms with Gasteiger partial charge in [0, 0.05) is 53.0 Å². The van der Waals surface area contributed by atoms with Gasteiger partial charge in [-0.15, -0.1) is 0 Å². The predicted octanol–water partition coefficient (Wildman–Crippen LogP) is 5.05. The first kappa shape index (κ1) is 20.9. The van der Waals surface area contributed by atoms with Gasteiger partial charge in [0.05, 0.1) is 18.1 Å². The van der Waals surface area contributed by atoms with Crippen molar-refractivity contribution in [2.24, 2.45) is 0 Å². The van der Waals surface area contributed by atoms with Gasteiger partial charge in [-0.2, -0.15) is 23.1 Å². The minimum absolute atomic E-state index is 0. The highest BCUT2D eigenvalue weighted by molar-refractivity contribution is 7.59. The molecule has 0 amide bonds. The van der Waals surface area contributed by atoms with Gasteiger partial charge in [0.2, 0.25) is 0 Å². The molecule has 2 N–H and O–H groups in total. The molecule has 0 saturated heterocycles. The van der Waals surface area contributed by atoms with Gasteiger partial charge in [0.25, 0.3) is 0 Å². The van der Waals surface area contributed by atoms with E-state index in [1.165, 1.54) is 23.2 Å². The number of nitrogens with zero attached hydrogens (tertiary/aromatic N) is 4. The van der Waals surface area contributed by atoms with E-state index in [-0.39, 0.29) is 25.2 Å². The average Bonchev–Trinajstić information content (AvgIpc) is 3.36. The number of pyridine rings is 1. The molecule has 0 spiro atoms. The highest BCUT2D eigenvalue weighted by Gasteiger charge is 2.15. The summed E-state index contributed by atoms with van der Waals surface area (Å²) >= 11 is 0. The van der Waals surface area contributed by atoms with Crippen molar-refractivity contribution in [2.75, 3.05) is 11.9 Å². The van der Waals surface area contributed by atoms with Crippen LogP contribution in [0.15, 0.2) is 61.2 Å². The number of benzene rings is 1. The van der Waals surface area contributed by atoms with Crippen molar-refractivity contribution in [3.8, 4) is 11.3 Å². The maximum absolute atomic E-state index is 13.7. The summed E-state index contributed by atoms with van der Waals surface area (Å²) < 4.78 is 15.5. The molecule has 0 saturated carbocycles. The van der Waals surface area contributed by atoms with E-state index >= 15 is 0 Å². The Balaban J connectivity index is 0.00000231. The van der Waals surface area contributed by atoms with E-state index < -0.39 is 0 Å². The Morgan fingerprint density at radius 3 is 2.84 bits per heavy atom. The first-order chi connectivity index (χ1) is 14.6. The molecule has 4 heterocycles. The first-order valence-electron chi connectivity index (χ1n) is 9.86. The van der Waals surface area contributed by atoms with Crippen LogP contribution in [0.5, 0.6) is 0 Å². The third-order valence-corrected chi connectivity index (χ3v) is 5.39. The zero-order valence-corrected chi connectivity index (χ0v) is 18.2. The molecule has 4 aromatic heterocycles. The van der Waals surface area contributed by atoms with Gasteiger partial charge in [0.15, 0.2) is 5.65 Å². The number of hydrogen-bond acceptors (Lipinski definition) is 4. The number of para-hydroxylation sites is 1. The van der Waals surface area contributed by atoms with E-state index in [2.05, 4.69) is 56.7 Å². The van der Waals surface area contributed by atoms with Crippen LogP contribution in [0.3, 0.4) is 0 Å². The summed E-state index contributed by atoms with van der Waals surface area (Å²) in [4.78, 5) is 12.0. The number of anilines is 1. The molecular weight excluding hydrogens is 411 g/mol. The van der Waals surface area contributed by atoms with Crippen molar-refractivity contribution in [2.45, 2.75) is 19.8 Å². The van der Waals surface area contributed by atoms with Crippen molar-refractivity contribution in [3.05, 3.63) is 78.1 Å². The Morgan fingerprint density at radius 2 is 2.00 bits per heavy atom. The second-order valence-corrected chi connectivity index (χ2v) is 7.55. The zero-order valence-electron chi connectivity index (χ0n) is 17.2. The number of aromatic nitrogens is 5. The minimum Gasteiger partial charge on any atom is -0.369 e. The number of halogens is 1. The SMILES string of the molecule is Cc1cnn2c(NC[C@H](C)c3c[nH]c4ccccc34)cc(-c3cncc(F)c3)nc12.S. The molecular formula is C23H23FN6S. The summed E-state index contributed by atoms with van der Waals surface area (Å²) in [5.74, 6) is 0.682. The number of aryl methyl sites for hydroxylation is 1. The molecule has 0 bridgehead atoms. The van der Waals surface area contributed by atoms with Crippen LogP contribution in [0.2, 0.25) is 0 Å². The van der Waals surface area contributed by atoms with E-state index in [0.717, 1.165) is 22.5 Å². The number of aromatic amines is 1. The monoisotopic (exact) mass is 434 g/mol. The fourth-order valence-corrected chi connectivity index (χ4v) is 3.77. The molecule has 0 fully saturated rings. The van der Waals surface area contributed by atoms with Crippen LogP contribution in [-0.2, 0) is 0 Å². The first-order valence-corrected chi connectivity index (χ1v) is 9.86. The highest BCUT2D eigenvalue weighted by atomic mass is 32.1. The van der Waals surface area contributed by atoms with Crippen molar-refractivity contribution in [1.82, 2.24) is 24.6 Å². The summed E-state index contributed by atoms with van der Waals surface area (Å²) in [5.41, 5.74) is 5.36. The second kappa shape index (κ2) is 8.39. The van der Waals surface area contributed by atoms with E-state index in [0.29, 0.717) is 17.8 Å². The van der Waals surface area contributed by atoms with Gasteiger partial charge in [-0.1, -0.05) is 25.1 Å². The Hall–Kier alpha value is -3.39. The van der Waals surface area contributed by atoms with Crippen LogP contribution in [0.4, 0.5) is 10.2 Å². The number of rotatable bonds is 5. The smallest absolute Gasteiger partial charge is 0.160 e. The molecule has 6 nitrogen and oxygen atoms in total. The molecule has 158 valence electrons. The summed E-state index contributed by atoms with van der Waals surface area (Å²) in [6.45, 7) is 4.86. The number of nitrogens with one attached hydrogen (secondary N) is 2. The van der Waals surface area contributed by atoms with Gasteiger partial charge in [-0.3, -0.25) is 4.98 Å². The summed E-state index contributed by atoms with van der Waals surface area (Å²) in [6, 6.07) is 11.6. The van der Waals surface area contributed by atoms with Crippen LogP contribution < -0.4 is 5.32 Å². The third kappa shape index (κ3) is 3.86. The topological polar surface area (TPSA) is 70.9 Å². The number of fused-ring (bicyclic) bond motifs is 2. The quantitative estimate of drug-likeness (QED) is 0.406. The average molecular weight is 435 g/mol. The van der Waals surface area contributed by atoms with E-state index in [1.807, 2.05) is 19.1 Å². The van der Waals surface area contributed by atoms with Gasteiger partial charge < -0.3 is 10.3 Å². The zero-order chi connectivity index (χ0) is 20.7.